The van der Waals surface area contributed by atoms with Crippen molar-refractivity contribution in [3.05, 3.63) is 84.7 Å². The van der Waals surface area contributed by atoms with E-state index in [0.717, 1.165) is 9.25 Å². The van der Waals surface area contributed by atoms with Gasteiger partial charge in [0.05, 0.1) is 29.4 Å². The summed E-state index contributed by atoms with van der Waals surface area (Å²) in [5.74, 6) is -0.730. The third kappa shape index (κ3) is 3.49. The molecule has 0 fully saturated rings. The van der Waals surface area contributed by atoms with Crippen LogP contribution in [0.4, 0.5) is 4.39 Å². The van der Waals surface area contributed by atoms with Gasteiger partial charge in [-0.25, -0.2) is 13.8 Å². The van der Waals surface area contributed by atoms with Crippen molar-refractivity contribution in [3.63, 3.8) is 0 Å². The van der Waals surface area contributed by atoms with Crippen LogP contribution >= 0.6 is 23.2 Å². The number of halogens is 3. The molecule has 9 heteroatoms. The molecule has 3 rings (SSSR count). The fourth-order valence-electron chi connectivity index (χ4n) is 2.33. The summed E-state index contributed by atoms with van der Waals surface area (Å²) < 4.78 is 20.0. The van der Waals surface area contributed by atoms with Crippen LogP contribution in [-0.2, 0) is 6.54 Å². The minimum absolute atomic E-state index is 0.0609. The largest absolute Gasteiger partial charge is 0.476 e. The van der Waals surface area contributed by atoms with Gasteiger partial charge >= 0.3 is 11.2 Å². The minimum Gasteiger partial charge on any atom is -0.476 e. The molecule has 1 aromatic heterocycles. The van der Waals surface area contributed by atoms with Crippen LogP contribution in [0, 0.1) is 5.82 Å². The highest BCUT2D eigenvalue weighted by Gasteiger charge is 2.15. The first-order chi connectivity index (χ1) is 12.4. The normalized spacial score (nSPS) is 10.8. The quantitative estimate of drug-likeness (QED) is 0.681. The molecule has 0 saturated heterocycles. The van der Waals surface area contributed by atoms with Gasteiger partial charge in [-0.2, -0.15) is 4.68 Å². The van der Waals surface area contributed by atoms with E-state index in [1.807, 2.05) is 0 Å². The van der Waals surface area contributed by atoms with Gasteiger partial charge in [-0.15, -0.1) is 5.10 Å². The molecule has 0 aliphatic rings. The predicted molar refractivity (Wildman–Crippen MR) is 96.2 cm³/mol. The van der Waals surface area contributed by atoms with Crippen LogP contribution in [0.15, 0.2) is 52.1 Å². The van der Waals surface area contributed by atoms with Crippen molar-refractivity contribution in [1.29, 1.82) is 0 Å². The molecular weight excluding hydrogens is 384 g/mol. The molecule has 0 bridgehead atoms. The van der Waals surface area contributed by atoms with E-state index in [4.69, 9.17) is 27.9 Å². The molecule has 134 valence electrons. The summed E-state index contributed by atoms with van der Waals surface area (Å²) in [5.41, 5.74) is -0.509. The lowest BCUT2D eigenvalue weighted by atomic mass is 10.2. The van der Waals surface area contributed by atoms with Crippen molar-refractivity contribution in [2.75, 3.05) is 7.11 Å². The maximum atomic E-state index is 13.1. The van der Waals surface area contributed by atoms with Crippen LogP contribution in [-0.4, -0.2) is 21.5 Å². The first kappa shape index (κ1) is 18.2. The molecule has 0 unspecified atom stereocenters. The Morgan fingerprint density at radius 2 is 1.77 bits per heavy atom. The van der Waals surface area contributed by atoms with Crippen LogP contribution in [0.3, 0.4) is 0 Å². The van der Waals surface area contributed by atoms with E-state index in [1.54, 1.807) is 18.2 Å². The average Bonchev–Trinajstić information content (AvgIpc) is 2.63. The summed E-state index contributed by atoms with van der Waals surface area (Å²) in [6, 6.07) is 9.89. The van der Waals surface area contributed by atoms with Crippen LogP contribution in [0.2, 0.25) is 10.0 Å². The second-order valence-corrected chi connectivity index (χ2v) is 6.13. The minimum atomic E-state index is -0.700. The molecule has 1 heterocycles. The summed E-state index contributed by atoms with van der Waals surface area (Å²) in [7, 11) is 1.27. The first-order valence-corrected chi connectivity index (χ1v) is 8.14. The van der Waals surface area contributed by atoms with Gasteiger partial charge in [0.25, 0.3) is 5.88 Å². The van der Waals surface area contributed by atoms with Gasteiger partial charge in [0.15, 0.2) is 0 Å². The molecule has 0 aliphatic heterocycles. The van der Waals surface area contributed by atoms with Crippen LogP contribution < -0.4 is 16.0 Å². The summed E-state index contributed by atoms with van der Waals surface area (Å²) in [5, 5.41) is 4.57. The predicted octanol–water partition coefficient (Wildman–Crippen LogP) is 2.90. The lowest BCUT2D eigenvalue weighted by Crippen LogP contribution is -2.41. The topological polar surface area (TPSA) is 66.1 Å². The van der Waals surface area contributed by atoms with Crippen LogP contribution in [0.5, 0.6) is 5.88 Å². The highest BCUT2D eigenvalue weighted by molar-refractivity contribution is 6.42. The maximum Gasteiger partial charge on any atom is 0.352 e. The Balaban J connectivity index is 2.16. The molecule has 0 atom stereocenters. The molecule has 6 nitrogen and oxygen atoms in total. The fraction of sp³-hybridized carbons (Fsp3) is 0.118. The number of aromatic nitrogens is 3. The smallest absolute Gasteiger partial charge is 0.352 e. The summed E-state index contributed by atoms with van der Waals surface area (Å²) in [6.07, 6.45) is 0. The molecule has 0 N–H and O–H groups in total. The number of ether oxygens (including phenoxy) is 1. The summed E-state index contributed by atoms with van der Waals surface area (Å²) in [6.45, 7) is -0.0609. The molecule has 0 saturated carbocycles. The van der Waals surface area contributed by atoms with Gasteiger partial charge in [-0.3, -0.25) is 4.79 Å². The Labute approximate surface area is 157 Å². The number of methoxy groups -OCH3 is 1. The third-order valence-corrected chi connectivity index (χ3v) is 4.36. The van der Waals surface area contributed by atoms with E-state index >= 15 is 0 Å². The van der Waals surface area contributed by atoms with Crippen molar-refractivity contribution in [2.24, 2.45) is 0 Å². The zero-order valence-electron chi connectivity index (χ0n) is 13.4. The molecule has 0 aliphatic carbocycles. The Kier molecular flexibility index (Phi) is 5.11. The maximum absolute atomic E-state index is 13.1. The molecular formula is C17H12Cl2FN3O3. The lowest BCUT2D eigenvalue weighted by Gasteiger charge is -2.11. The summed E-state index contributed by atoms with van der Waals surface area (Å²) in [4.78, 5) is 25.2. The van der Waals surface area contributed by atoms with Crippen molar-refractivity contribution >= 4 is 23.2 Å². The van der Waals surface area contributed by atoms with Crippen LogP contribution in [0.25, 0.3) is 5.69 Å². The van der Waals surface area contributed by atoms with E-state index in [-0.39, 0.29) is 18.1 Å². The molecule has 0 amide bonds. The Bertz CT molecular complexity index is 1080. The highest BCUT2D eigenvalue weighted by atomic mass is 35.5. The van der Waals surface area contributed by atoms with E-state index < -0.39 is 17.1 Å². The van der Waals surface area contributed by atoms with Crippen LogP contribution in [0.1, 0.15) is 5.56 Å². The first-order valence-electron chi connectivity index (χ1n) is 7.38. The van der Waals surface area contributed by atoms with Gasteiger partial charge < -0.3 is 4.74 Å². The monoisotopic (exact) mass is 395 g/mol. The highest BCUT2D eigenvalue weighted by Crippen LogP contribution is 2.22. The van der Waals surface area contributed by atoms with Gasteiger partial charge in [0.2, 0.25) is 0 Å². The average molecular weight is 396 g/mol. The number of benzene rings is 2. The van der Waals surface area contributed by atoms with Crippen molar-refractivity contribution in [1.82, 2.24) is 14.3 Å². The number of hydrogen-bond donors (Lipinski definition) is 0. The molecule has 2 aromatic carbocycles. The van der Waals surface area contributed by atoms with Gasteiger partial charge in [-0.05, 0) is 42.0 Å². The standard InChI is InChI=1S/C17H12Cl2FN3O3/c1-26-15-16(24)22(9-10-2-7-13(18)14(19)8-10)17(25)23(21-15)12-5-3-11(20)4-6-12/h2-8H,9H2,1H3. The Morgan fingerprint density at radius 3 is 2.38 bits per heavy atom. The molecule has 26 heavy (non-hydrogen) atoms. The van der Waals surface area contributed by atoms with Gasteiger partial charge in [0, 0.05) is 0 Å². The van der Waals surface area contributed by atoms with E-state index in [0.29, 0.717) is 15.6 Å². The SMILES string of the molecule is COc1nn(-c2ccc(F)cc2)c(=O)n(Cc2ccc(Cl)c(Cl)c2)c1=O. The summed E-state index contributed by atoms with van der Waals surface area (Å²) >= 11 is 11.9. The number of hydrogen-bond acceptors (Lipinski definition) is 4. The van der Waals surface area contributed by atoms with Crippen molar-refractivity contribution in [3.8, 4) is 11.6 Å². The number of rotatable bonds is 4. The molecule has 3 aromatic rings. The van der Waals surface area contributed by atoms with Crippen molar-refractivity contribution < 1.29 is 9.13 Å². The Hall–Kier alpha value is -2.64. The second kappa shape index (κ2) is 7.31. The van der Waals surface area contributed by atoms with Gasteiger partial charge in [0.1, 0.15) is 5.82 Å². The number of nitrogens with zero attached hydrogens (tertiary/aromatic N) is 3. The third-order valence-electron chi connectivity index (χ3n) is 3.62. The molecule has 0 radical (unpaired) electrons. The van der Waals surface area contributed by atoms with Gasteiger partial charge in [-0.1, -0.05) is 29.3 Å². The zero-order valence-corrected chi connectivity index (χ0v) is 15.0. The van der Waals surface area contributed by atoms with Crippen molar-refractivity contribution in [2.45, 2.75) is 6.54 Å². The lowest BCUT2D eigenvalue weighted by molar-refractivity contribution is 0.367. The fourth-order valence-corrected chi connectivity index (χ4v) is 2.65. The van der Waals surface area contributed by atoms with E-state index in [2.05, 4.69) is 5.10 Å². The zero-order chi connectivity index (χ0) is 18.8. The second-order valence-electron chi connectivity index (χ2n) is 5.32. The Morgan fingerprint density at radius 1 is 1.08 bits per heavy atom. The molecule has 0 spiro atoms. The van der Waals surface area contributed by atoms with E-state index in [1.165, 1.54) is 31.4 Å². The van der Waals surface area contributed by atoms with E-state index in [9.17, 15) is 14.0 Å².